The fraction of sp³-hybridized carbons (Fsp3) is 0.412. The van der Waals surface area contributed by atoms with Crippen LogP contribution in [0.1, 0.15) is 12.0 Å². The second kappa shape index (κ2) is 8.03. The Bertz CT molecular complexity index is 977. The molecular formula is C17H20F3N5O3S. The molecule has 2 heterocycles. The highest BCUT2D eigenvalue weighted by Crippen LogP contribution is 2.33. The first kappa shape index (κ1) is 21.1. The van der Waals surface area contributed by atoms with E-state index in [-0.39, 0.29) is 37.6 Å². The molecule has 8 nitrogen and oxygen atoms in total. The molecule has 2 aromatic rings. The number of carbonyl (C=O) groups excluding carboxylic acids is 1. The highest BCUT2D eigenvalue weighted by atomic mass is 32.2. The molecule has 12 heteroatoms. The monoisotopic (exact) mass is 431 g/mol. The number of urea groups is 1. The van der Waals surface area contributed by atoms with Crippen LogP contribution >= 0.6 is 0 Å². The van der Waals surface area contributed by atoms with E-state index in [2.05, 4.69) is 10.4 Å². The van der Waals surface area contributed by atoms with Crippen LogP contribution in [0.3, 0.4) is 0 Å². The zero-order valence-corrected chi connectivity index (χ0v) is 16.4. The lowest BCUT2D eigenvalue weighted by atomic mass is 10.1. The van der Waals surface area contributed by atoms with Gasteiger partial charge in [0.2, 0.25) is 10.0 Å². The molecule has 0 aliphatic carbocycles. The number of carbonyl (C=O) groups is 1. The zero-order valence-electron chi connectivity index (χ0n) is 15.6. The molecule has 1 aromatic carbocycles. The lowest BCUT2D eigenvalue weighted by Crippen LogP contribution is -2.39. The molecule has 1 saturated heterocycles. The molecule has 0 atom stereocenters. The average Bonchev–Trinajstić information content (AvgIpc) is 3.02. The van der Waals surface area contributed by atoms with Gasteiger partial charge in [-0.2, -0.15) is 18.3 Å². The van der Waals surface area contributed by atoms with Gasteiger partial charge in [0.1, 0.15) is 0 Å². The van der Waals surface area contributed by atoms with Crippen molar-refractivity contribution in [2.75, 3.05) is 37.8 Å². The van der Waals surface area contributed by atoms with Gasteiger partial charge in [-0.3, -0.25) is 0 Å². The third-order valence-corrected chi connectivity index (χ3v) is 5.83. The van der Waals surface area contributed by atoms with Crippen LogP contribution < -0.4 is 5.32 Å². The molecular weight excluding hydrogens is 411 g/mol. The summed E-state index contributed by atoms with van der Waals surface area (Å²) in [6.45, 7) is 0.828. The van der Waals surface area contributed by atoms with Gasteiger partial charge in [-0.1, -0.05) is 0 Å². The van der Waals surface area contributed by atoms with Gasteiger partial charge in [0, 0.05) is 38.6 Å². The van der Waals surface area contributed by atoms with E-state index in [1.807, 2.05) is 0 Å². The van der Waals surface area contributed by atoms with Crippen LogP contribution in [0.2, 0.25) is 0 Å². The van der Waals surface area contributed by atoms with E-state index in [9.17, 15) is 26.4 Å². The highest BCUT2D eigenvalue weighted by Gasteiger charge is 2.32. The number of aromatic nitrogens is 2. The number of amides is 2. The van der Waals surface area contributed by atoms with Crippen molar-refractivity contribution in [3.8, 4) is 5.69 Å². The molecule has 1 fully saturated rings. The van der Waals surface area contributed by atoms with Gasteiger partial charge in [-0.05, 0) is 30.7 Å². The molecule has 0 bridgehead atoms. The Balaban J connectivity index is 1.83. The van der Waals surface area contributed by atoms with E-state index in [4.69, 9.17) is 0 Å². The standard InChI is InChI=1S/C17H20F3N5O3S/c1-29(27,28)24-8-3-7-23(10-11-24)16(26)22-14-12-13(17(18,19)20)4-5-15(14)25-9-2-6-21-25/h2,4-6,9,12H,3,7-8,10-11H2,1H3,(H,22,26). The smallest absolute Gasteiger partial charge is 0.323 e. The van der Waals surface area contributed by atoms with Crippen LogP contribution in [-0.4, -0.2) is 65.9 Å². The quantitative estimate of drug-likeness (QED) is 0.809. The number of halogens is 3. The number of nitrogens with zero attached hydrogens (tertiary/aromatic N) is 4. The van der Waals surface area contributed by atoms with Gasteiger partial charge in [-0.25, -0.2) is 22.2 Å². The summed E-state index contributed by atoms with van der Waals surface area (Å²) in [5, 5.41) is 6.53. The first-order chi connectivity index (χ1) is 13.6. The van der Waals surface area contributed by atoms with E-state index >= 15 is 0 Å². The van der Waals surface area contributed by atoms with E-state index < -0.39 is 27.8 Å². The van der Waals surface area contributed by atoms with E-state index in [1.54, 1.807) is 12.3 Å². The third-order valence-electron chi connectivity index (χ3n) is 4.53. The van der Waals surface area contributed by atoms with E-state index in [0.717, 1.165) is 18.4 Å². The normalized spacial score (nSPS) is 16.5. The fourth-order valence-electron chi connectivity index (χ4n) is 3.05. The Hall–Kier alpha value is -2.60. The molecule has 1 aliphatic heterocycles. The predicted molar refractivity (Wildman–Crippen MR) is 100 cm³/mol. The minimum atomic E-state index is -4.57. The number of rotatable bonds is 3. The van der Waals surface area contributed by atoms with Crippen molar-refractivity contribution in [1.82, 2.24) is 19.0 Å². The summed E-state index contributed by atoms with van der Waals surface area (Å²) in [4.78, 5) is 14.1. The first-order valence-corrected chi connectivity index (χ1v) is 10.6. The van der Waals surface area contributed by atoms with Gasteiger partial charge in [0.25, 0.3) is 0 Å². The van der Waals surface area contributed by atoms with E-state index in [0.29, 0.717) is 6.42 Å². The van der Waals surface area contributed by atoms with Crippen LogP contribution in [0.25, 0.3) is 5.69 Å². The number of anilines is 1. The fourth-order valence-corrected chi connectivity index (χ4v) is 3.92. The first-order valence-electron chi connectivity index (χ1n) is 8.78. The maximum absolute atomic E-state index is 13.1. The van der Waals surface area contributed by atoms with Gasteiger partial charge in [-0.15, -0.1) is 0 Å². The molecule has 0 spiro atoms. The summed E-state index contributed by atoms with van der Waals surface area (Å²) < 4.78 is 65.4. The van der Waals surface area contributed by atoms with Gasteiger partial charge in [0.15, 0.2) is 0 Å². The lowest BCUT2D eigenvalue weighted by molar-refractivity contribution is -0.137. The Kier molecular flexibility index (Phi) is 5.85. The summed E-state index contributed by atoms with van der Waals surface area (Å²) in [7, 11) is -3.38. The number of benzene rings is 1. The molecule has 1 aliphatic rings. The Morgan fingerprint density at radius 2 is 1.93 bits per heavy atom. The highest BCUT2D eigenvalue weighted by molar-refractivity contribution is 7.88. The Morgan fingerprint density at radius 1 is 1.17 bits per heavy atom. The molecule has 0 saturated carbocycles. The summed E-state index contributed by atoms with van der Waals surface area (Å²) in [6, 6.07) is 4.02. The number of hydrogen-bond donors (Lipinski definition) is 1. The molecule has 1 N–H and O–H groups in total. The Morgan fingerprint density at radius 3 is 2.55 bits per heavy atom. The van der Waals surface area contributed by atoms with E-state index in [1.165, 1.54) is 26.2 Å². The Labute approximate surface area is 165 Å². The third kappa shape index (κ3) is 5.07. The van der Waals surface area contributed by atoms with Crippen LogP contribution in [-0.2, 0) is 16.2 Å². The minimum absolute atomic E-state index is 0.0438. The van der Waals surface area contributed by atoms with Crippen molar-refractivity contribution < 1.29 is 26.4 Å². The second-order valence-electron chi connectivity index (χ2n) is 6.61. The van der Waals surface area contributed by atoms with Crippen LogP contribution in [0.15, 0.2) is 36.7 Å². The van der Waals surface area contributed by atoms with Crippen molar-refractivity contribution >= 4 is 21.7 Å². The van der Waals surface area contributed by atoms with Crippen LogP contribution in [0.4, 0.5) is 23.7 Å². The zero-order chi connectivity index (χ0) is 21.2. The lowest BCUT2D eigenvalue weighted by Gasteiger charge is -2.23. The van der Waals surface area contributed by atoms with Gasteiger partial charge >= 0.3 is 12.2 Å². The second-order valence-corrected chi connectivity index (χ2v) is 8.60. The van der Waals surface area contributed by atoms with Crippen molar-refractivity contribution in [2.45, 2.75) is 12.6 Å². The maximum atomic E-state index is 13.1. The molecule has 158 valence electrons. The topological polar surface area (TPSA) is 87.5 Å². The number of nitrogens with one attached hydrogen (secondary N) is 1. The molecule has 1 aromatic heterocycles. The molecule has 2 amide bonds. The van der Waals surface area contributed by atoms with Crippen LogP contribution in [0, 0.1) is 0 Å². The van der Waals surface area contributed by atoms with Crippen molar-refractivity contribution in [3.05, 3.63) is 42.2 Å². The molecule has 0 unspecified atom stereocenters. The summed E-state index contributed by atoms with van der Waals surface area (Å²) >= 11 is 0. The van der Waals surface area contributed by atoms with Gasteiger partial charge < -0.3 is 10.2 Å². The van der Waals surface area contributed by atoms with Crippen molar-refractivity contribution in [1.29, 1.82) is 0 Å². The van der Waals surface area contributed by atoms with Crippen molar-refractivity contribution in [3.63, 3.8) is 0 Å². The molecule has 29 heavy (non-hydrogen) atoms. The van der Waals surface area contributed by atoms with Crippen molar-refractivity contribution in [2.24, 2.45) is 0 Å². The largest absolute Gasteiger partial charge is 0.416 e. The number of alkyl halides is 3. The summed E-state index contributed by atoms with van der Waals surface area (Å²) in [6.07, 6.45) is -0.0243. The number of hydrogen-bond acceptors (Lipinski definition) is 4. The summed E-state index contributed by atoms with van der Waals surface area (Å²) in [5.41, 5.74) is -0.663. The molecule has 0 radical (unpaired) electrons. The summed E-state index contributed by atoms with van der Waals surface area (Å²) in [5.74, 6) is 0. The average molecular weight is 431 g/mol. The minimum Gasteiger partial charge on any atom is -0.323 e. The maximum Gasteiger partial charge on any atom is 0.416 e. The SMILES string of the molecule is CS(=O)(=O)N1CCCN(C(=O)Nc2cc(C(F)(F)F)ccc2-n2cccn2)CC1. The molecule has 3 rings (SSSR count). The number of sulfonamides is 1. The predicted octanol–water partition coefficient (Wildman–Crippen LogP) is 2.39. The van der Waals surface area contributed by atoms with Crippen LogP contribution in [0.5, 0.6) is 0 Å². The van der Waals surface area contributed by atoms with Gasteiger partial charge in [0.05, 0.1) is 23.2 Å².